The number of hydrogen-bond donors (Lipinski definition) is 1. The number of rotatable bonds is 6. The largest absolute Gasteiger partial charge is 0.489 e. The predicted molar refractivity (Wildman–Crippen MR) is 126 cm³/mol. The molecule has 0 aliphatic rings. The number of amides is 1. The molecule has 3 aromatic rings. The molecular formula is C23H14Cl4N2O2. The maximum Gasteiger partial charge on any atom is 0.266 e. The molecule has 1 amide bonds. The molecule has 0 aliphatic carbocycles. The summed E-state index contributed by atoms with van der Waals surface area (Å²) in [6.45, 7) is 0.278. The fourth-order valence-corrected chi connectivity index (χ4v) is 3.31. The van der Waals surface area contributed by atoms with Gasteiger partial charge >= 0.3 is 0 Å². The topological polar surface area (TPSA) is 62.1 Å². The lowest BCUT2D eigenvalue weighted by atomic mass is 10.1. The molecule has 0 atom stereocenters. The maximum atomic E-state index is 12.4. The van der Waals surface area contributed by atoms with Gasteiger partial charge in [-0.1, -0.05) is 64.6 Å². The summed E-state index contributed by atoms with van der Waals surface area (Å²) in [5.74, 6) is 0.0560. The predicted octanol–water partition coefficient (Wildman–Crippen LogP) is 7.42. The average molecular weight is 492 g/mol. The molecular weight excluding hydrogens is 478 g/mol. The molecule has 4 nitrogen and oxygen atoms in total. The van der Waals surface area contributed by atoms with E-state index in [0.717, 1.165) is 5.56 Å². The Morgan fingerprint density at radius 2 is 1.68 bits per heavy atom. The Morgan fingerprint density at radius 1 is 0.935 bits per heavy atom. The Bertz CT molecular complexity index is 1190. The van der Waals surface area contributed by atoms with Crippen LogP contribution in [-0.4, -0.2) is 5.91 Å². The van der Waals surface area contributed by atoms with E-state index in [1.807, 2.05) is 6.07 Å². The van der Waals surface area contributed by atoms with Gasteiger partial charge < -0.3 is 10.1 Å². The van der Waals surface area contributed by atoms with Crippen molar-refractivity contribution in [3.63, 3.8) is 0 Å². The molecule has 0 radical (unpaired) electrons. The second-order valence-electron chi connectivity index (χ2n) is 6.35. The van der Waals surface area contributed by atoms with Crippen LogP contribution in [0.15, 0.2) is 66.2 Å². The molecule has 0 fully saturated rings. The van der Waals surface area contributed by atoms with Crippen molar-refractivity contribution in [3.05, 3.63) is 97.5 Å². The van der Waals surface area contributed by atoms with Crippen LogP contribution >= 0.6 is 46.4 Å². The number of carbonyl (C=O) groups is 1. The molecule has 0 bridgehead atoms. The Balaban J connectivity index is 1.66. The highest BCUT2D eigenvalue weighted by molar-refractivity contribution is 6.42. The van der Waals surface area contributed by atoms with Gasteiger partial charge in [-0.25, -0.2) is 0 Å². The van der Waals surface area contributed by atoms with Gasteiger partial charge in [-0.3, -0.25) is 4.79 Å². The van der Waals surface area contributed by atoms with Gasteiger partial charge in [-0.15, -0.1) is 0 Å². The third-order valence-electron chi connectivity index (χ3n) is 4.14. The average Bonchev–Trinajstić information content (AvgIpc) is 2.75. The standard InChI is InChI=1S/C23H14Cl4N2O2/c24-17-4-3-15(21(26)10-17)13-31-19-6-1-14(2-7-19)9-16(12-28)23(30)29-18-5-8-20(25)22(27)11-18/h1-11H,13H2,(H,29,30)/b16-9+. The summed E-state index contributed by atoms with van der Waals surface area (Å²) < 4.78 is 5.73. The van der Waals surface area contributed by atoms with Gasteiger partial charge in [0.05, 0.1) is 10.0 Å². The number of nitrogens with one attached hydrogen (secondary N) is 1. The van der Waals surface area contributed by atoms with E-state index in [9.17, 15) is 10.1 Å². The van der Waals surface area contributed by atoms with E-state index in [0.29, 0.717) is 37.1 Å². The smallest absolute Gasteiger partial charge is 0.266 e. The van der Waals surface area contributed by atoms with Gasteiger partial charge in [0.1, 0.15) is 24.0 Å². The van der Waals surface area contributed by atoms with Crippen molar-refractivity contribution in [2.24, 2.45) is 0 Å². The van der Waals surface area contributed by atoms with Crippen LogP contribution in [0.4, 0.5) is 5.69 Å². The third-order valence-corrected chi connectivity index (χ3v) is 5.47. The van der Waals surface area contributed by atoms with Gasteiger partial charge in [-0.05, 0) is 54.1 Å². The minimum Gasteiger partial charge on any atom is -0.489 e. The summed E-state index contributed by atoms with van der Waals surface area (Å²) >= 11 is 23.9. The molecule has 156 valence electrons. The summed E-state index contributed by atoms with van der Waals surface area (Å²) in [6.07, 6.45) is 1.48. The van der Waals surface area contributed by atoms with Crippen LogP contribution in [0.3, 0.4) is 0 Å². The van der Waals surface area contributed by atoms with Crippen LogP contribution in [0.1, 0.15) is 11.1 Å². The van der Waals surface area contributed by atoms with Gasteiger partial charge in [0.15, 0.2) is 0 Å². The van der Waals surface area contributed by atoms with Crippen molar-refractivity contribution in [3.8, 4) is 11.8 Å². The van der Waals surface area contributed by atoms with Crippen LogP contribution in [0.2, 0.25) is 20.1 Å². The first-order valence-corrected chi connectivity index (χ1v) is 10.4. The monoisotopic (exact) mass is 490 g/mol. The number of hydrogen-bond acceptors (Lipinski definition) is 3. The first-order chi connectivity index (χ1) is 14.9. The van der Waals surface area contributed by atoms with E-state index in [1.54, 1.807) is 54.6 Å². The number of ether oxygens (including phenoxy) is 1. The van der Waals surface area contributed by atoms with Crippen LogP contribution in [0.5, 0.6) is 5.75 Å². The van der Waals surface area contributed by atoms with Crippen molar-refractivity contribution < 1.29 is 9.53 Å². The van der Waals surface area contributed by atoms with Crippen LogP contribution in [0, 0.1) is 11.3 Å². The van der Waals surface area contributed by atoms with E-state index in [1.165, 1.54) is 12.1 Å². The zero-order valence-corrected chi connectivity index (χ0v) is 18.9. The normalized spacial score (nSPS) is 11.0. The highest BCUT2D eigenvalue weighted by atomic mass is 35.5. The van der Waals surface area contributed by atoms with E-state index >= 15 is 0 Å². The minimum absolute atomic E-state index is 0.0623. The highest BCUT2D eigenvalue weighted by Gasteiger charge is 2.11. The number of nitriles is 1. The number of benzene rings is 3. The minimum atomic E-state index is -0.557. The van der Waals surface area contributed by atoms with Crippen molar-refractivity contribution in [1.82, 2.24) is 0 Å². The quantitative estimate of drug-likeness (QED) is 0.288. The summed E-state index contributed by atoms with van der Waals surface area (Å²) in [5, 5.41) is 13.8. The number of anilines is 1. The summed E-state index contributed by atoms with van der Waals surface area (Å²) in [5.41, 5.74) is 1.84. The molecule has 8 heteroatoms. The van der Waals surface area contributed by atoms with Crippen LogP contribution < -0.4 is 10.1 Å². The summed E-state index contributed by atoms with van der Waals surface area (Å²) in [7, 11) is 0. The summed E-state index contributed by atoms with van der Waals surface area (Å²) in [6, 6.07) is 18.7. The van der Waals surface area contributed by atoms with Gasteiger partial charge in [0, 0.05) is 21.3 Å². The first-order valence-electron chi connectivity index (χ1n) is 8.90. The molecule has 0 saturated heterocycles. The van der Waals surface area contributed by atoms with E-state index in [-0.39, 0.29) is 12.2 Å². The zero-order valence-electron chi connectivity index (χ0n) is 15.8. The SMILES string of the molecule is N#C/C(=C\c1ccc(OCc2ccc(Cl)cc2Cl)cc1)C(=O)Nc1ccc(Cl)c(Cl)c1. The summed E-state index contributed by atoms with van der Waals surface area (Å²) in [4.78, 5) is 12.4. The molecule has 0 aromatic heterocycles. The fraction of sp³-hybridized carbons (Fsp3) is 0.0435. The molecule has 0 spiro atoms. The Morgan fingerprint density at radius 3 is 2.32 bits per heavy atom. The Kier molecular flexibility index (Phi) is 7.84. The third kappa shape index (κ3) is 6.40. The van der Waals surface area contributed by atoms with Crippen molar-refractivity contribution in [2.45, 2.75) is 6.61 Å². The first kappa shape index (κ1) is 23.0. The van der Waals surface area contributed by atoms with Crippen molar-refractivity contribution in [1.29, 1.82) is 5.26 Å². The molecule has 0 saturated carbocycles. The molecule has 0 aliphatic heterocycles. The molecule has 3 rings (SSSR count). The molecule has 1 N–H and O–H groups in total. The van der Waals surface area contributed by atoms with Gasteiger partial charge in [0.25, 0.3) is 5.91 Å². The van der Waals surface area contributed by atoms with Crippen LogP contribution in [0.25, 0.3) is 6.08 Å². The molecule has 3 aromatic carbocycles. The van der Waals surface area contributed by atoms with Crippen LogP contribution in [-0.2, 0) is 11.4 Å². The lowest BCUT2D eigenvalue weighted by Gasteiger charge is -2.08. The zero-order chi connectivity index (χ0) is 22.4. The second-order valence-corrected chi connectivity index (χ2v) is 8.00. The molecule has 0 unspecified atom stereocenters. The van der Waals surface area contributed by atoms with E-state index < -0.39 is 5.91 Å². The number of nitrogens with zero attached hydrogens (tertiary/aromatic N) is 1. The second kappa shape index (κ2) is 10.6. The van der Waals surface area contributed by atoms with E-state index in [2.05, 4.69) is 5.32 Å². The number of carbonyl (C=O) groups excluding carboxylic acids is 1. The maximum absolute atomic E-state index is 12.4. The van der Waals surface area contributed by atoms with Crippen molar-refractivity contribution >= 4 is 64.1 Å². The fourth-order valence-electron chi connectivity index (χ4n) is 2.55. The van der Waals surface area contributed by atoms with Crippen molar-refractivity contribution in [2.75, 3.05) is 5.32 Å². The van der Waals surface area contributed by atoms with Gasteiger partial charge in [-0.2, -0.15) is 5.26 Å². The molecule has 0 heterocycles. The Hall–Kier alpha value is -2.68. The van der Waals surface area contributed by atoms with E-state index in [4.69, 9.17) is 51.1 Å². The Labute approximate surface area is 199 Å². The highest BCUT2D eigenvalue weighted by Crippen LogP contribution is 2.26. The van der Waals surface area contributed by atoms with Gasteiger partial charge in [0.2, 0.25) is 0 Å². The molecule has 31 heavy (non-hydrogen) atoms. The lowest BCUT2D eigenvalue weighted by molar-refractivity contribution is -0.112. The lowest BCUT2D eigenvalue weighted by Crippen LogP contribution is -2.13. The number of halogens is 4.